The van der Waals surface area contributed by atoms with Crippen molar-refractivity contribution in [2.24, 2.45) is 0 Å². The molecule has 1 aliphatic carbocycles. The Kier molecular flexibility index (Phi) is 5.67. The van der Waals surface area contributed by atoms with E-state index in [2.05, 4.69) is 41.7 Å². The van der Waals surface area contributed by atoms with E-state index in [1.165, 1.54) is 50.1 Å². The minimum Gasteiger partial charge on any atom is -0.314 e. The summed E-state index contributed by atoms with van der Waals surface area (Å²) >= 11 is 1.86. The zero-order valence-corrected chi connectivity index (χ0v) is 12.5. The molecule has 0 amide bonds. The van der Waals surface area contributed by atoms with Crippen LogP contribution in [-0.4, -0.2) is 31.1 Å². The molecule has 102 valence electrons. The van der Waals surface area contributed by atoms with Crippen molar-refractivity contribution in [1.82, 2.24) is 10.2 Å². The maximum absolute atomic E-state index is 3.69. The highest BCUT2D eigenvalue weighted by atomic mass is 32.1. The molecule has 1 N–H and O–H groups in total. The van der Waals surface area contributed by atoms with Gasteiger partial charge < -0.3 is 5.32 Å². The standard InChI is InChI=1S/C15H26N2S/c1-13(15-9-5-12-18-15)17(2)11-6-10-16-14-7-3-4-8-14/h5,9,12-14,16H,3-4,6-8,10-11H2,1-2H3. The molecule has 1 fully saturated rings. The molecule has 0 bridgehead atoms. The summed E-state index contributed by atoms with van der Waals surface area (Å²) in [6.45, 7) is 4.65. The highest BCUT2D eigenvalue weighted by molar-refractivity contribution is 7.10. The molecule has 0 saturated heterocycles. The molecule has 1 aliphatic rings. The van der Waals surface area contributed by atoms with E-state index >= 15 is 0 Å². The van der Waals surface area contributed by atoms with Crippen LogP contribution in [0.15, 0.2) is 17.5 Å². The van der Waals surface area contributed by atoms with Gasteiger partial charge in [0.15, 0.2) is 0 Å². The lowest BCUT2D eigenvalue weighted by Crippen LogP contribution is -2.30. The molecule has 1 saturated carbocycles. The lowest BCUT2D eigenvalue weighted by molar-refractivity contribution is 0.259. The molecule has 0 aromatic carbocycles. The fraction of sp³-hybridized carbons (Fsp3) is 0.733. The molecule has 1 heterocycles. The zero-order chi connectivity index (χ0) is 12.8. The van der Waals surface area contributed by atoms with Gasteiger partial charge >= 0.3 is 0 Å². The van der Waals surface area contributed by atoms with Crippen LogP contribution in [-0.2, 0) is 0 Å². The second kappa shape index (κ2) is 7.27. The topological polar surface area (TPSA) is 15.3 Å². The van der Waals surface area contributed by atoms with Gasteiger partial charge in [-0.3, -0.25) is 4.90 Å². The summed E-state index contributed by atoms with van der Waals surface area (Å²) in [6, 6.07) is 5.75. The van der Waals surface area contributed by atoms with Crippen molar-refractivity contribution in [2.45, 2.75) is 51.1 Å². The second-order valence-electron chi connectivity index (χ2n) is 5.46. The van der Waals surface area contributed by atoms with E-state index in [1.807, 2.05) is 11.3 Å². The molecule has 0 aliphatic heterocycles. The van der Waals surface area contributed by atoms with E-state index in [4.69, 9.17) is 0 Å². The third kappa shape index (κ3) is 4.08. The van der Waals surface area contributed by atoms with Gasteiger partial charge in [0.05, 0.1) is 0 Å². The lowest BCUT2D eigenvalue weighted by atomic mass is 10.2. The first-order valence-corrected chi connectivity index (χ1v) is 8.12. The summed E-state index contributed by atoms with van der Waals surface area (Å²) in [5, 5.41) is 5.85. The highest BCUT2D eigenvalue weighted by Gasteiger charge is 2.14. The van der Waals surface area contributed by atoms with E-state index in [0.717, 1.165) is 6.04 Å². The van der Waals surface area contributed by atoms with Gasteiger partial charge in [0.2, 0.25) is 0 Å². The summed E-state index contributed by atoms with van der Waals surface area (Å²) in [5.74, 6) is 0. The normalized spacial score (nSPS) is 18.6. The molecule has 2 rings (SSSR count). The third-order valence-corrected chi connectivity index (χ3v) is 5.13. The molecule has 2 nitrogen and oxygen atoms in total. The van der Waals surface area contributed by atoms with Gasteiger partial charge in [-0.05, 0) is 57.8 Å². The molecular weight excluding hydrogens is 240 g/mol. The van der Waals surface area contributed by atoms with Gasteiger partial charge in [0, 0.05) is 17.0 Å². The van der Waals surface area contributed by atoms with Crippen molar-refractivity contribution < 1.29 is 0 Å². The van der Waals surface area contributed by atoms with Crippen LogP contribution < -0.4 is 5.32 Å². The minimum absolute atomic E-state index is 0.552. The summed E-state index contributed by atoms with van der Waals surface area (Å²) in [7, 11) is 2.24. The number of thiophene rings is 1. The molecule has 0 radical (unpaired) electrons. The molecule has 3 heteroatoms. The number of hydrogen-bond acceptors (Lipinski definition) is 3. The Hall–Kier alpha value is -0.380. The van der Waals surface area contributed by atoms with Gasteiger partial charge in [-0.15, -0.1) is 11.3 Å². The maximum Gasteiger partial charge on any atom is 0.0410 e. The highest BCUT2D eigenvalue weighted by Crippen LogP contribution is 2.23. The Morgan fingerprint density at radius 3 is 2.89 bits per heavy atom. The van der Waals surface area contributed by atoms with Crippen LogP contribution >= 0.6 is 11.3 Å². The first kappa shape index (κ1) is 14.0. The number of hydrogen-bond donors (Lipinski definition) is 1. The fourth-order valence-electron chi connectivity index (χ4n) is 2.70. The van der Waals surface area contributed by atoms with Crippen molar-refractivity contribution >= 4 is 11.3 Å². The number of nitrogens with zero attached hydrogens (tertiary/aromatic N) is 1. The molecule has 1 unspecified atom stereocenters. The average Bonchev–Trinajstić information content (AvgIpc) is 3.05. The van der Waals surface area contributed by atoms with Gasteiger partial charge in [-0.2, -0.15) is 0 Å². The van der Waals surface area contributed by atoms with E-state index in [-0.39, 0.29) is 0 Å². The quantitative estimate of drug-likeness (QED) is 0.758. The summed E-state index contributed by atoms with van der Waals surface area (Å²) < 4.78 is 0. The summed E-state index contributed by atoms with van der Waals surface area (Å²) in [6.07, 6.45) is 6.88. The second-order valence-corrected chi connectivity index (χ2v) is 6.44. The van der Waals surface area contributed by atoms with Crippen molar-refractivity contribution in [3.8, 4) is 0 Å². The molecule has 1 aromatic rings. The minimum atomic E-state index is 0.552. The molecule has 0 spiro atoms. The third-order valence-electron chi connectivity index (χ3n) is 4.09. The Bertz CT molecular complexity index is 317. The summed E-state index contributed by atoms with van der Waals surface area (Å²) in [5.41, 5.74) is 0. The monoisotopic (exact) mass is 266 g/mol. The van der Waals surface area contributed by atoms with Crippen LogP contribution in [0.3, 0.4) is 0 Å². The average molecular weight is 266 g/mol. The van der Waals surface area contributed by atoms with E-state index in [1.54, 1.807) is 0 Å². The van der Waals surface area contributed by atoms with Crippen LogP contribution in [0.4, 0.5) is 0 Å². The Morgan fingerprint density at radius 1 is 1.44 bits per heavy atom. The molecule has 1 atom stereocenters. The van der Waals surface area contributed by atoms with Crippen molar-refractivity contribution in [2.75, 3.05) is 20.1 Å². The summed E-state index contributed by atoms with van der Waals surface area (Å²) in [4.78, 5) is 3.93. The van der Waals surface area contributed by atoms with Gasteiger partial charge in [0.25, 0.3) is 0 Å². The SMILES string of the molecule is CC(c1cccs1)N(C)CCCNC1CCCC1. The van der Waals surface area contributed by atoms with Crippen LogP contribution in [0.2, 0.25) is 0 Å². The first-order chi connectivity index (χ1) is 8.77. The van der Waals surface area contributed by atoms with Gasteiger partial charge in [-0.25, -0.2) is 0 Å². The van der Waals surface area contributed by atoms with Gasteiger partial charge in [0.1, 0.15) is 0 Å². The zero-order valence-electron chi connectivity index (χ0n) is 11.7. The van der Waals surface area contributed by atoms with E-state index in [0.29, 0.717) is 6.04 Å². The van der Waals surface area contributed by atoms with Crippen LogP contribution in [0.1, 0.15) is 49.9 Å². The van der Waals surface area contributed by atoms with Crippen LogP contribution in [0.25, 0.3) is 0 Å². The molecule has 18 heavy (non-hydrogen) atoms. The Morgan fingerprint density at radius 2 is 2.22 bits per heavy atom. The predicted octanol–water partition coefficient (Wildman–Crippen LogP) is 3.66. The lowest BCUT2D eigenvalue weighted by Gasteiger charge is -2.24. The maximum atomic E-state index is 3.69. The van der Waals surface area contributed by atoms with Crippen molar-refractivity contribution in [3.05, 3.63) is 22.4 Å². The molecular formula is C15H26N2S. The molecule has 1 aromatic heterocycles. The van der Waals surface area contributed by atoms with Gasteiger partial charge in [-0.1, -0.05) is 18.9 Å². The smallest absolute Gasteiger partial charge is 0.0410 e. The predicted molar refractivity (Wildman–Crippen MR) is 80.2 cm³/mol. The Balaban J connectivity index is 1.60. The first-order valence-electron chi connectivity index (χ1n) is 7.24. The van der Waals surface area contributed by atoms with E-state index in [9.17, 15) is 0 Å². The van der Waals surface area contributed by atoms with Crippen LogP contribution in [0.5, 0.6) is 0 Å². The Labute approximate surface area is 115 Å². The fourth-order valence-corrected chi connectivity index (χ4v) is 3.55. The van der Waals surface area contributed by atoms with Crippen molar-refractivity contribution in [1.29, 1.82) is 0 Å². The number of rotatable bonds is 7. The van der Waals surface area contributed by atoms with Crippen molar-refractivity contribution in [3.63, 3.8) is 0 Å². The number of nitrogens with one attached hydrogen (secondary N) is 1. The largest absolute Gasteiger partial charge is 0.314 e. The van der Waals surface area contributed by atoms with E-state index < -0.39 is 0 Å². The van der Waals surface area contributed by atoms with Crippen LogP contribution in [0, 0.1) is 0 Å².